The van der Waals surface area contributed by atoms with Crippen molar-refractivity contribution in [3.05, 3.63) is 0 Å². The van der Waals surface area contributed by atoms with Crippen molar-refractivity contribution in [2.24, 2.45) is 5.92 Å². The molecule has 2 N–H and O–H groups in total. The summed E-state index contributed by atoms with van der Waals surface area (Å²) in [6, 6.07) is -0.520. The van der Waals surface area contributed by atoms with Crippen LogP contribution in [-0.4, -0.2) is 48.9 Å². The number of hydrogen-bond acceptors (Lipinski definition) is 3. The van der Waals surface area contributed by atoms with Gasteiger partial charge in [-0.25, -0.2) is 0 Å². The number of nitrogens with one attached hydrogen (secondary N) is 2. The number of carbonyl (C=O) groups is 2. The average molecular weight is 297 g/mol. The minimum atomic E-state index is -0.427. The zero-order chi connectivity index (χ0) is 15.8. The van der Waals surface area contributed by atoms with Crippen molar-refractivity contribution in [3.63, 3.8) is 0 Å². The predicted molar refractivity (Wildman–Crippen MR) is 85.0 cm³/mol. The third kappa shape index (κ3) is 5.30. The predicted octanol–water partition coefficient (Wildman–Crippen LogP) is 1.53. The Morgan fingerprint density at radius 2 is 2.00 bits per heavy atom. The summed E-state index contributed by atoms with van der Waals surface area (Å²) in [7, 11) is 1.98. The second-order valence-corrected chi connectivity index (χ2v) is 6.16. The molecule has 0 aromatic heterocycles. The van der Waals surface area contributed by atoms with E-state index in [1.807, 2.05) is 27.8 Å². The van der Waals surface area contributed by atoms with Crippen molar-refractivity contribution in [3.8, 4) is 0 Å². The van der Waals surface area contributed by atoms with Crippen molar-refractivity contribution in [2.75, 3.05) is 20.1 Å². The summed E-state index contributed by atoms with van der Waals surface area (Å²) < 4.78 is 0. The highest BCUT2D eigenvalue weighted by Gasteiger charge is 2.31. The molecule has 0 unspecified atom stereocenters. The SMILES string of the molecule is CCCNC(=O)[C@@H](NC(=O)[C@H]1CCCCN1C)[C@@H](C)CC. The molecule has 5 nitrogen and oxygen atoms in total. The molecular weight excluding hydrogens is 266 g/mol. The zero-order valence-electron chi connectivity index (χ0n) is 13.9. The first kappa shape index (κ1) is 18.0. The minimum Gasteiger partial charge on any atom is -0.354 e. The highest BCUT2D eigenvalue weighted by Crippen LogP contribution is 2.16. The molecule has 0 bridgehead atoms. The van der Waals surface area contributed by atoms with Gasteiger partial charge in [-0.3, -0.25) is 14.5 Å². The molecule has 122 valence electrons. The number of likely N-dealkylation sites (tertiary alicyclic amines) is 1. The highest BCUT2D eigenvalue weighted by molar-refractivity contribution is 5.90. The minimum absolute atomic E-state index is 0.00542. The molecule has 0 aliphatic carbocycles. The van der Waals surface area contributed by atoms with Crippen molar-refractivity contribution in [1.29, 1.82) is 0 Å². The van der Waals surface area contributed by atoms with E-state index in [1.54, 1.807) is 0 Å². The topological polar surface area (TPSA) is 61.4 Å². The molecule has 1 rings (SSSR count). The van der Waals surface area contributed by atoms with Crippen LogP contribution >= 0.6 is 0 Å². The molecule has 1 fully saturated rings. The number of nitrogens with zero attached hydrogens (tertiary/aromatic N) is 1. The molecule has 3 atom stereocenters. The Morgan fingerprint density at radius 3 is 2.57 bits per heavy atom. The van der Waals surface area contributed by atoms with Gasteiger partial charge >= 0.3 is 0 Å². The fourth-order valence-corrected chi connectivity index (χ4v) is 2.72. The Morgan fingerprint density at radius 1 is 1.29 bits per heavy atom. The number of rotatable bonds is 7. The Kier molecular flexibility index (Phi) is 7.72. The standard InChI is InChI=1S/C16H31N3O2/c1-5-10-17-16(21)14(12(3)6-2)18-15(20)13-9-7-8-11-19(13)4/h12-14H,5-11H2,1-4H3,(H,17,21)(H,18,20)/t12-,13+,14-/m0/s1. The largest absolute Gasteiger partial charge is 0.354 e. The first-order chi connectivity index (χ1) is 10.0. The molecule has 1 aliphatic heterocycles. The summed E-state index contributed by atoms with van der Waals surface area (Å²) >= 11 is 0. The van der Waals surface area contributed by atoms with Crippen LogP contribution in [0.4, 0.5) is 0 Å². The number of hydrogen-bond donors (Lipinski definition) is 2. The number of carbonyl (C=O) groups excluding carboxylic acids is 2. The smallest absolute Gasteiger partial charge is 0.242 e. The van der Waals surface area contributed by atoms with Crippen LogP contribution in [0.3, 0.4) is 0 Å². The van der Waals surface area contributed by atoms with Crippen LogP contribution < -0.4 is 10.6 Å². The van der Waals surface area contributed by atoms with E-state index in [0.29, 0.717) is 6.54 Å². The molecule has 0 aromatic carbocycles. The van der Waals surface area contributed by atoms with Gasteiger partial charge in [-0.2, -0.15) is 0 Å². The van der Waals surface area contributed by atoms with Gasteiger partial charge in [0.1, 0.15) is 6.04 Å². The lowest BCUT2D eigenvalue weighted by Crippen LogP contribution is -2.56. The van der Waals surface area contributed by atoms with Crippen LogP contribution in [0, 0.1) is 5.92 Å². The Hall–Kier alpha value is -1.10. The van der Waals surface area contributed by atoms with Crippen LogP contribution in [0.5, 0.6) is 0 Å². The van der Waals surface area contributed by atoms with E-state index in [0.717, 1.165) is 38.6 Å². The van der Waals surface area contributed by atoms with E-state index >= 15 is 0 Å². The van der Waals surface area contributed by atoms with Gasteiger partial charge < -0.3 is 10.6 Å². The van der Waals surface area contributed by atoms with Gasteiger partial charge in [0, 0.05) is 6.54 Å². The average Bonchev–Trinajstić information content (AvgIpc) is 2.49. The summed E-state index contributed by atoms with van der Waals surface area (Å²) in [5.74, 6) is 0.0758. The number of likely N-dealkylation sites (N-methyl/N-ethyl adjacent to an activating group) is 1. The Labute approximate surface area is 128 Å². The molecule has 2 amide bonds. The molecule has 0 spiro atoms. The van der Waals surface area contributed by atoms with Gasteiger partial charge in [-0.05, 0) is 38.8 Å². The number of amides is 2. The van der Waals surface area contributed by atoms with Crippen molar-refractivity contribution >= 4 is 11.8 Å². The molecule has 5 heteroatoms. The summed E-state index contributed by atoms with van der Waals surface area (Å²) in [5, 5.41) is 5.88. The van der Waals surface area contributed by atoms with Gasteiger partial charge in [0.2, 0.25) is 11.8 Å². The van der Waals surface area contributed by atoms with E-state index < -0.39 is 6.04 Å². The van der Waals surface area contributed by atoms with Crippen LogP contribution in [0.25, 0.3) is 0 Å². The van der Waals surface area contributed by atoms with Gasteiger partial charge in [-0.15, -0.1) is 0 Å². The number of piperidine rings is 1. The van der Waals surface area contributed by atoms with E-state index in [4.69, 9.17) is 0 Å². The molecule has 1 saturated heterocycles. The van der Waals surface area contributed by atoms with Crippen LogP contribution in [0.1, 0.15) is 52.9 Å². The van der Waals surface area contributed by atoms with Gasteiger partial charge in [0.25, 0.3) is 0 Å². The van der Waals surface area contributed by atoms with Crippen molar-refractivity contribution in [2.45, 2.75) is 65.0 Å². The lowest BCUT2D eigenvalue weighted by atomic mass is 9.96. The summed E-state index contributed by atoms with van der Waals surface area (Å²) in [5.41, 5.74) is 0. The molecule has 1 aliphatic rings. The van der Waals surface area contributed by atoms with Gasteiger partial charge in [-0.1, -0.05) is 33.6 Å². The lowest BCUT2D eigenvalue weighted by Gasteiger charge is -2.33. The molecule has 0 aromatic rings. The van der Waals surface area contributed by atoms with Crippen LogP contribution in [0.2, 0.25) is 0 Å². The maximum Gasteiger partial charge on any atom is 0.242 e. The second-order valence-electron chi connectivity index (χ2n) is 6.16. The second kappa shape index (κ2) is 9.03. The third-order valence-electron chi connectivity index (χ3n) is 4.42. The summed E-state index contributed by atoms with van der Waals surface area (Å²) in [6.07, 6.45) is 4.87. The van der Waals surface area contributed by atoms with Gasteiger partial charge in [0.15, 0.2) is 0 Å². The summed E-state index contributed by atoms with van der Waals surface area (Å²) in [6.45, 7) is 7.69. The third-order valence-corrected chi connectivity index (χ3v) is 4.42. The molecule has 0 radical (unpaired) electrons. The normalized spacial score (nSPS) is 22.4. The first-order valence-corrected chi connectivity index (χ1v) is 8.29. The molecular formula is C16H31N3O2. The molecule has 1 heterocycles. The monoisotopic (exact) mass is 297 g/mol. The fraction of sp³-hybridized carbons (Fsp3) is 0.875. The fourth-order valence-electron chi connectivity index (χ4n) is 2.72. The van der Waals surface area contributed by atoms with E-state index in [9.17, 15) is 9.59 Å². The quantitative estimate of drug-likeness (QED) is 0.749. The lowest BCUT2D eigenvalue weighted by molar-refractivity contribution is -0.133. The maximum absolute atomic E-state index is 12.5. The Balaban J connectivity index is 2.66. The van der Waals surface area contributed by atoms with Crippen LogP contribution in [0.15, 0.2) is 0 Å². The van der Waals surface area contributed by atoms with E-state index in [1.165, 1.54) is 0 Å². The first-order valence-electron chi connectivity index (χ1n) is 8.29. The van der Waals surface area contributed by atoms with Crippen molar-refractivity contribution in [1.82, 2.24) is 15.5 Å². The highest BCUT2D eigenvalue weighted by atomic mass is 16.2. The zero-order valence-corrected chi connectivity index (χ0v) is 13.9. The van der Waals surface area contributed by atoms with Crippen LogP contribution in [-0.2, 0) is 9.59 Å². The summed E-state index contributed by atoms with van der Waals surface area (Å²) in [4.78, 5) is 26.8. The maximum atomic E-state index is 12.5. The Bertz CT molecular complexity index is 346. The van der Waals surface area contributed by atoms with E-state index in [2.05, 4.69) is 15.5 Å². The van der Waals surface area contributed by atoms with Crippen molar-refractivity contribution < 1.29 is 9.59 Å². The van der Waals surface area contributed by atoms with Gasteiger partial charge in [0.05, 0.1) is 6.04 Å². The molecule has 0 saturated carbocycles. The van der Waals surface area contributed by atoms with E-state index in [-0.39, 0.29) is 23.8 Å². The molecule has 21 heavy (non-hydrogen) atoms.